The van der Waals surface area contributed by atoms with Crippen molar-refractivity contribution < 1.29 is 14.3 Å². The van der Waals surface area contributed by atoms with Gasteiger partial charge >= 0.3 is 6.09 Å². The molecule has 0 radical (unpaired) electrons. The van der Waals surface area contributed by atoms with Crippen molar-refractivity contribution in [2.24, 2.45) is 0 Å². The number of piperidine rings is 1. The summed E-state index contributed by atoms with van der Waals surface area (Å²) >= 11 is 0. The smallest absolute Gasteiger partial charge is 0.410 e. The van der Waals surface area contributed by atoms with Gasteiger partial charge in [-0.25, -0.2) is 4.79 Å². The molecule has 0 atom stereocenters. The zero-order chi connectivity index (χ0) is 17.0. The second kappa shape index (κ2) is 6.93. The Hall–Kier alpha value is -2.18. The molecule has 2 rings (SSSR count). The van der Waals surface area contributed by atoms with E-state index in [1.165, 1.54) is 0 Å². The summed E-state index contributed by atoms with van der Waals surface area (Å²) in [7, 11) is 1.56. The molecule has 1 amide bonds. The highest BCUT2D eigenvalue weighted by atomic mass is 16.6. The van der Waals surface area contributed by atoms with Crippen molar-refractivity contribution in [3.8, 4) is 5.88 Å². The summed E-state index contributed by atoms with van der Waals surface area (Å²) < 4.78 is 10.4. The fourth-order valence-corrected chi connectivity index (χ4v) is 2.44. The van der Waals surface area contributed by atoms with Crippen molar-refractivity contribution in [2.75, 3.05) is 31.2 Å². The van der Waals surface area contributed by atoms with Gasteiger partial charge in [-0.3, -0.25) is 0 Å². The van der Waals surface area contributed by atoms with E-state index in [-0.39, 0.29) is 12.1 Å². The number of nitrogens with one attached hydrogen (secondary N) is 1. The van der Waals surface area contributed by atoms with E-state index in [0.29, 0.717) is 24.8 Å². The van der Waals surface area contributed by atoms with E-state index in [9.17, 15) is 4.79 Å². The molecule has 1 aromatic heterocycles. The van der Waals surface area contributed by atoms with Crippen LogP contribution in [0.4, 0.5) is 16.3 Å². The molecule has 1 saturated heterocycles. The molecule has 3 N–H and O–H groups in total. The average molecular weight is 322 g/mol. The van der Waals surface area contributed by atoms with Gasteiger partial charge in [0.2, 0.25) is 5.88 Å². The van der Waals surface area contributed by atoms with Crippen molar-refractivity contribution in [1.82, 2.24) is 9.88 Å². The van der Waals surface area contributed by atoms with Gasteiger partial charge in [-0.15, -0.1) is 0 Å². The first-order valence-electron chi connectivity index (χ1n) is 7.83. The molecule has 1 aromatic rings. The van der Waals surface area contributed by atoms with Crippen molar-refractivity contribution in [1.29, 1.82) is 0 Å². The van der Waals surface area contributed by atoms with Crippen LogP contribution in [0, 0.1) is 0 Å². The molecule has 0 aliphatic carbocycles. The second-order valence-electron chi connectivity index (χ2n) is 6.67. The Bertz CT molecular complexity index is 549. The van der Waals surface area contributed by atoms with Crippen molar-refractivity contribution >= 4 is 17.6 Å². The Morgan fingerprint density at radius 2 is 2.00 bits per heavy atom. The number of nitrogens with zero attached hydrogens (tertiary/aromatic N) is 2. The Labute approximate surface area is 137 Å². The maximum atomic E-state index is 12.0. The fraction of sp³-hybridized carbons (Fsp3) is 0.625. The van der Waals surface area contributed by atoms with E-state index in [0.717, 1.165) is 18.5 Å². The molecule has 7 heteroatoms. The van der Waals surface area contributed by atoms with Crippen LogP contribution in [0.5, 0.6) is 5.88 Å². The lowest BCUT2D eigenvalue weighted by Crippen LogP contribution is -2.44. The summed E-state index contributed by atoms with van der Waals surface area (Å²) in [6.07, 6.45) is 1.43. The van der Waals surface area contributed by atoms with E-state index in [4.69, 9.17) is 15.2 Å². The number of carbonyl (C=O) groups excluding carboxylic acids is 1. The van der Waals surface area contributed by atoms with Crippen molar-refractivity contribution in [3.63, 3.8) is 0 Å². The molecule has 0 saturated carbocycles. The summed E-state index contributed by atoms with van der Waals surface area (Å²) in [5.74, 6) is 0.909. The maximum absolute atomic E-state index is 12.0. The second-order valence-corrected chi connectivity index (χ2v) is 6.67. The van der Waals surface area contributed by atoms with E-state index in [1.807, 2.05) is 26.8 Å². The number of aromatic nitrogens is 1. The monoisotopic (exact) mass is 322 g/mol. The van der Waals surface area contributed by atoms with Crippen LogP contribution in [0.2, 0.25) is 0 Å². The number of anilines is 2. The number of methoxy groups -OCH3 is 1. The number of nitrogens with two attached hydrogens (primary N) is 1. The van der Waals surface area contributed by atoms with Gasteiger partial charge in [0.25, 0.3) is 0 Å². The summed E-state index contributed by atoms with van der Waals surface area (Å²) in [6, 6.07) is 3.89. The van der Waals surface area contributed by atoms with E-state index >= 15 is 0 Å². The van der Waals surface area contributed by atoms with Gasteiger partial charge in [0, 0.05) is 25.2 Å². The van der Waals surface area contributed by atoms with Gasteiger partial charge in [0.15, 0.2) is 5.82 Å². The lowest BCUT2D eigenvalue weighted by molar-refractivity contribution is 0.0210. The summed E-state index contributed by atoms with van der Waals surface area (Å²) in [6.45, 7) is 6.95. The van der Waals surface area contributed by atoms with Crippen LogP contribution >= 0.6 is 0 Å². The third-order valence-corrected chi connectivity index (χ3v) is 3.61. The zero-order valence-electron chi connectivity index (χ0n) is 14.3. The third-order valence-electron chi connectivity index (χ3n) is 3.61. The highest BCUT2D eigenvalue weighted by Gasteiger charge is 2.27. The van der Waals surface area contributed by atoms with Gasteiger partial charge in [-0.2, -0.15) is 4.98 Å². The Balaban J connectivity index is 1.86. The minimum absolute atomic E-state index is 0.249. The molecule has 0 aromatic carbocycles. The van der Waals surface area contributed by atoms with Crippen molar-refractivity contribution in [3.05, 3.63) is 12.1 Å². The molecular formula is C16H26N4O3. The zero-order valence-corrected chi connectivity index (χ0v) is 14.3. The number of hydrogen-bond acceptors (Lipinski definition) is 6. The van der Waals surface area contributed by atoms with Crippen LogP contribution in [0.3, 0.4) is 0 Å². The predicted molar refractivity (Wildman–Crippen MR) is 89.7 cm³/mol. The number of rotatable bonds is 3. The molecule has 2 heterocycles. The quantitative estimate of drug-likeness (QED) is 0.888. The molecule has 0 bridgehead atoms. The number of carbonyl (C=O) groups is 1. The molecular weight excluding hydrogens is 296 g/mol. The van der Waals surface area contributed by atoms with Crippen LogP contribution in [0.25, 0.3) is 0 Å². The predicted octanol–water partition coefficient (Wildman–Crippen LogP) is 2.48. The van der Waals surface area contributed by atoms with E-state index < -0.39 is 5.60 Å². The van der Waals surface area contributed by atoms with Gasteiger partial charge in [0.05, 0.1) is 12.8 Å². The molecule has 1 aliphatic heterocycles. The number of hydrogen-bond donors (Lipinski definition) is 2. The molecule has 0 spiro atoms. The van der Waals surface area contributed by atoms with Crippen LogP contribution < -0.4 is 15.8 Å². The summed E-state index contributed by atoms with van der Waals surface area (Å²) in [5.41, 5.74) is 6.25. The number of likely N-dealkylation sites (tertiary alicyclic amines) is 1. The highest BCUT2D eigenvalue weighted by Crippen LogP contribution is 2.23. The Morgan fingerprint density at radius 1 is 1.35 bits per heavy atom. The Kier molecular flexibility index (Phi) is 5.18. The number of amides is 1. The first kappa shape index (κ1) is 17.2. The largest absolute Gasteiger partial charge is 0.481 e. The van der Waals surface area contributed by atoms with Crippen molar-refractivity contribution in [2.45, 2.75) is 45.3 Å². The fourth-order valence-electron chi connectivity index (χ4n) is 2.44. The maximum Gasteiger partial charge on any atom is 0.410 e. The number of nitrogen functional groups attached to an aromatic ring is 1. The van der Waals surface area contributed by atoms with Crippen LogP contribution in [0.15, 0.2) is 12.1 Å². The molecule has 1 fully saturated rings. The first-order chi connectivity index (χ1) is 10.8. The average Bonchev–Trinajstić information content (AvgIpc) is 2.48. The third kappa shape index (κ3) is 4.91. The van der Waals surface area contributed by atoms with Crippen LogP contribution in [-0.4, -0.2) is 47.8 Å². The molecule has 7 nitrogen and oxygen atoms in total. The lowest BCUT2D eigenvalue weighted by Gasteiger charge is -2.34. The molecule has 128 valence electrons. The van der Waals surface area contributed by atoms with Crippen LogP contribution in [0.1, 0.15) is 33.6 Å². The highest BCUT2D eigenvalue weighted by molar-refractivity contribution is 5.68. The minimum atomic E-state index is -0.463. The number of ether oxygens (including phenoxy) is 2. The van der Waals surface area contributed by atoms with E-state index in [2.05, 4.69) is 10.3 Å². The normalized spacial score (nSPS) is 16.1. The molecule has 0 unspecified atom stereocenters. The van der Waals surface area contributed by atoms with E-state index in [1.54, 1.807) is 18.1 Å². The van der Waals surface area contributed by atoms with Gasteiger partial charge in [-0.05, 0) is 39.7 Å². The number of pyridine rings is 1. The van der Waals surface area contributed by atoms with Gasteiger partial charge in [-0.1, -0.05) is 0 Å². The minimum Gasteiger partial charge on any atom is -0.481 e. The summed E-state index contributed by atoms with van der Waals surface area (Å²) in [5, 5.41) is 3.39. The lowest BCUT2D eigenvalue weighted by atomic mass is 10.1. The van der Waals surface area contributed by atoms with Gasteiger partial charge < -0.3 is 25.4 Å². The van der Waals surface area contributed by atoms with Crippen LogP contribution in [-0.2, 0) is 4.74 Å². The standard InChI is InChI=1S/C16H26N4O3/c1-16(2,3)23-15(21)20-9-7-11(8-10-20)18-12-5-6-13(22-4)19-14(12)17/h5-6,11,18H,7-10H2,1-4H3,(H2,17,19). The topological polar surface area (TPSA) is 89.7 Å². The molecule has 23 heavy (non-hydrogen) atoms. The molecule has 1 aliphatic rings. The summed E-state index contributed by atoms with van der Waals surface area (Å²) in [4.78, 5) is 17.9. The van der Waals surface area contributed by atoms with Gasteiger partial charge in [0.1, 0.15) is 5.60 Å². The Morgan fingerprint density at radius 3 is 2.52 bits per heavy atom. The SMILES string of the molecule is COc1ccc(NC2CCN(C(=O)OC(C)(C)C)CC2)c(N)n1. The first-order valence-corrected chi connectivity index (χ1v) is 7.83.